The third-order valence-electron chi connectivity index (χ3n) is 5.82. The van der Waals surface area contributed by atoms with Crippen LogP contribution in [0.4, 0.5) is 0 Å². The summed E-state index contributed by atoms with van der Waals surface area (Å²) in [7, 11) is 0. The molecule has 0 aromatic heterocycles. The minimum Gasteiger partial charge on any atom is -0.504 e. The summed E-state index contributed by atoms with van der Waals surface area (Å²) in [6.45, 7) is 4.83. The topological polar surface area (TPSA) is 87.0 Å². The summed E-state index contributed by atoms with van der Waals surface area (Å²) >= 11 is 0. The molecule has 5 heteroatoms. The first kappa shape index (κ1) is 27.1. The van der Waals surface area contributed by atoms with Crippen LogP contribution in [0, 0.1) is 0 Å². The van der Waals surface area contributed by atoms with Gasteiger partial charge in [0.05, 0.1) is 6.61 Å². The van der Waals surface area contributed by atoms with Crippen LogP contribution in [0.15, 0.2) is 6.07 Å². The molecule has 3 N–H and O–H groups in total. The van der Waals surface area contributed by atoms with Crippen molar-refractivity contribution in [2.24, 2.45) is 0 Å². The molecule has 0 saturated carbocycles. The van der Waals surface area contributed by atoms with E-state index in [1.165, 1.54) is 63.9 Å². The maximum Gasteiger partial charge on any atom is 0.343 e. The molecule has 0 heterocycles. The molecule has 0 saturated heterocycles. The fourth-order valence-corrected chi connectivity index (χ4v) is 3.93. The number of carbonyl (C=O) groups is 1. The second kappa shape index (κ2) is 16.7. The number of aryl methyl sites for hydroxylation is 1. The normalized spacial score (nSPS) is 11.0. The summed E-state index contributed by atoms with van der Waals surface area (Å²) in [6.07, 6.45) is 18.1. The third-order valence-corrected chi connectivity index (χ3v) is 5.82. The highest BCUT2D eigenvalue weighted by atomic mass is 16.5. The van der Waals surface area contributed by atoms with Crippen molar-refractivity contribution >= 4 is 5.97 Å². The predicted octanol–water partition coefficient (Wildman–Crippen LogP) is 7.61. The van der Waals surface area contributed by atoms with Crippen LogP contribution in [-0.4, -0.2) is 27.9 Å². The second-order valence-electron chi connectivity index (χ2n) is 8.61. The molecule has 1 rings (SSSR count). The Bertz CT molecular complexity index is 627. The second-order valence-corrected chi connectivity index (χ2v) is 8.61. The van der Waals surface area contributed by atoms with Crippen molar-refractivity contribution in [3.05, 3.63) is 17.2 Å². The Labute approximate surface area is 188 Å². The van der Waals surface area contributed by atoms with E-state index in [-0.39, 0.29) is 11.3 Å². The maximum atomic E-state index is 11.7. The molecule has 31 heavy (non-hydrogen) atoms. The summed E-state index contributed by atoms with van der Waals surface area (Å²) in [5.41, 5.74) is 0.346. The van der Waals surface area contributed by atoms with Crippen LogP contribution < -0.4 is 4.74 Å². The van der Waals surface area contributed by atoms with Gasteiger partial charge in [-0.2, -0.15) is 0 Å². The number of benzene rings is 1. The lowest BCUT2D eigenvalue weighted by Gasteiger charge is -2.16. The highest BCUT2D eigenvalue weighted by Gasteiger charge is 2.24. The van der Waals surface area contributed by atoms with Crippen molar-refractivity contribution in [2.45, 2.75) is 117 Å². The third kappa shape index (κ3) is 10.8. The molecule has 1 aromatic carbocycles. The maximum absolute atomic E-state index is 11.7. The summed E-state index contributed by atoms with van der Waals surface area (Å²) in [4.78, 5) is 11.7. The van der Waals surface area contributed by atoms with Crippen LogP contribution in [0.1, 0.15) is 126 Å². The number of phenolic OH excluding ortho intramolecular Hbond substituents is 1. The largest absolute Gasteiger partial charge is 0.504 e. The number of aromatic carboxylic acids is 1. The average molecular weight is 437 g/mol. The van der Waals surface area contributed by atoms with E-state index < -0.39 is 17.5 Å². The van der Waals surface area contributed by atoms with E-state index in [0.717, 1.165) is 38.5 Å². The lowest BCUT2D eigenvalue weighted by atomic mass is 10.00. The number of phenols is 2. The summed E-state index contributed by atoms with van der Waals surface area (Å²) in [6, 6.07) is 1.46. The molecule has 0 spiro atoms. The molecule has 178 valence electrons. The molecule has 0 unspecified atom stereocenters. The van der Waals surface area contributed by atoms with Crippen molar-refractivity contribution in [2.75, 3.05) is 6.61 Å². The minimum atomic E-state index is -1.28. The van der Waals surface area contributed by atoms with Crippen LogP contribution in [0.5, 0.6) is 17.2 Å². The Morgan fingerprint density at radius 1 is 0.774 bits per heavy atom. The molecule has 5 nitrogen and oxygen atoms in total. The van der Waals surface area contributed by atoms with E-state index in [1.807, 2.05) is 0 Å². The van der Waals surface area contributed by atoms with Crippen LogP contribution in [-0.2, 0) is 6.42 Å². The first-order chi connectivity index (χ1) is 15.0. The Morgan fingerprint density at radius 2 is 1.26 bits per heavy atom. The first-order valence-corrected chi connectivity index (χ1v) is 12.5. The Morgan fingerprint density at radius 3 is 1.77 bits per heavy atom. The van der Waals surface area contributed by atoms with E-state index in [0.29, 0.717) is 18.6 Å². The molecular weight excluding hydrogens is 392 g/mol. The molecule has 0 bridgehead atoms. The van der Waals surface area contributed by atoms with Gasteiger partial charge >= 0.3 is 5.97 Å². The number of carboxylic acid groups (broad SMARTS) is 1. The average Bonchev–Trinajstić information content (AvgIpc) is 2.74. The number of rotatable bonds is 19. The van der Waals surface area contributed by atoms with Gasteiger partial charge in [0, 0.05) is 0 Å². The lowest BCUT2D eigenvalue weighted by molar-refractivity contribution is 0.0687. The summed E-state index contributed by atoms with van der Waals surface area (Å²) in [5.74, 6) is -2.06. The Kier molecular flexibility index (Phi) is 14.6. The van der Waals surface area contributed by atoms with Crippen molar-refractivity contribution < 1.29 is 24.9 Å². The van der Waals surface area contributed by atoms with Crippen molar-refractivity contribution in [3.8, 4) is 17.2 Å². The first-order valence-electron chi connectivity index (χ1n) is 12.5. The Balaban J connectivity index is 2.60. The molecule has 0 amide bonds. The van der Waals surface area contributed by atoms with E-state index in [1.54, 1.807) is 0 Å². The lowest BCUT2D eigenvalue weighted by Crippen LogP contribution is -2.08. The monoisotopic (exact) mass is 436 g/mol. The zero-order chi connectivity index (χ0) is 22.9. The van der Waals surface area contributed by atoms with Crippen LogP contribution in [0.25, 0.3) is 0 Å². The van der Waals surface area contributed by atoms with Crippen LogP contribution in [0.2, 0.25) is 0 Å². The Hall–Kier alpha value is -1.91. The number of ether oxygens (including phenoxy) is 1. The van der Waals surface area contributed by atoms with Gasteiger partial charge in [-0.3, -0.25) is 0 Å². The number of unbranched alkanes of at least 4 members (excludes halogenated alkanes) is 13. The summed E-state index contributed by atoms with van der Waals surface area (Å²) < 4.78 is 5.86. The van der Waals surface area contributed by atoms with Gasteiger partial charge in [0.15, 0.2) is 11.5 Å². The SMILES string of the molecule is CCCCCCCCCCc1cc(O)c(O)c(C(=O)O)c1OCCCCCCCCC. The number of hydrogen-bond acceptors (Lipinski definition) is 4. The fourth-order valence-electron chi connectivity index (χ4n) is 3.93. The molecule has 0 fully saturated rings. The van der Waals surface area contributed by atoms with Gasteiger partial charge in [-0.1, -0.05) is 97.3 Å². The van der Waals surface area contributed by atoms with E-state index in [2.05, 4.69) is 13.8 Å². The molecule has 0 atom stereocenters. The van der Waals surface area contributed by atoms with Gasteiger partial charge in [0.2, 0.25) is 0 Å². The van der Waals surface area contributed by atoms with Gasteiger partial charge in [-0.15, -0.1) is 0 Å². The molecule has 1 aromatic rings. The zero-order valence-corrected chi connectivity index (χ0v) is 19.8. The van der Waals surface area contributed by atoms with Crippen LogP contribution in [0.3, 0.4) is 0 Å². The summed E-state index contributed by atoms with van der Waals surface area (Å²) in [5, 5.41) is 29.7. The molecule has 0 aliphatic rings. The number of carboxylic acids is 1. The molecule has 0 aliphatic carbocycles. The molecule has 0 radical (unpaired) electrons. The highest BCUT2D eigenvalue weighted by Crippen LogP contribution is 2.40. The van der Waals surface area contributed by atoms with Gasteiger partial charge < -0.3 is 20.1 Å². The van der Waals surface area contributed by atoms with Gasteiger partial charge in [-0.05, 0) is 30.9 Å². The minimum absolute atomic E-state index is 0.219. The predicted molar refractivity (Wildman–Crippen MR) is 127 cm³/mol. The number of hydrogen-bond donors (Lipinski definition) is 3. The molecule has 0 aliphatic heterocycles. The van der Waals surface area contributed by atoms with Gasteiger partial charge in [0.1, 0.15) is 11.3 Å². The fraction of sp³-hybridized carbons (Fsp3) is 0.731. The highest BCUT2D eigenvalue weighted by molar-refractivity contribution is 5.95. The van der Waals surface area contributed by atoms with E-state index in [4.69, 9.17) is 4.74 Å². The smallest absolute Gasteiger partial charge is 0.343 e. The van der Waals surface area contributed by atoms with Crippen molar-refractivity contribution in [1.82, 2.24) is 0 Å². The van der Waals surface area contributed by atoms with E-state index >= 15 is 0 Å². The zero-order valence-electron chi connectivity index (χ0n) is 19.8. The van der Waals surface area contributed by atoms with Gasteiger partial charge in [-0.25, -0.2) is 4.79 Å². The van der Waals surface area contributed by atoms with Crippen molar-refractivity contribution in [1.29, 1.82) is 0 Å². The van der Waals surface area contributed by atoms with Crippen LogP contribution >= 0.6 is 0 Å². The number of aromatic hydroxyl groups is 2. The standard InChI is InChI=1S/C26H44O5/c1-3-5-7-9-11-12-14-16-18-21-20-22(27)24(28)23(26(29)30)25(21)31-19-17-15-13-10-8-6-4-2/h20,27-28H,3-19H2,1-2H3,(H,29,30). The van der Waals surface area contributed by atoms with Gasteiger partial charge in [0.25, 0.3) is 0 Å². The van der Waals surface area contributed by atoms with Crippen molar-refractivity contribution in [3.63, 3.8) is 0 Å². The molecular formula is C26H44O5. The van der Waals surface area contributed by atoms with E-state index in [9.17, 15) is 20.1 Å². The quantitative estimate of drug-likeness (QED) is 0.153.